The van der Waals surface area contributed by atoms with Gasteiger partial charge in [0, 0.05) is 64.4 Å². The molecule has 11 aliphatic rings. The van der Waals surface area contributed by atoms with Gasteiger partial charge in [-0.1, -0.05) is 18.6 Å². The predicted octanol–water partition coefficient (Wildman–Crippen LogP) is 1.30. The molecule has 2 bridgehead atoms. The van der Waals surface area contributed by atoms with Crippen molar-refractivity contribution >= 4 is 0 Å². The van der Waals surface area contributed by atoms with Crippen molar-refractivity contribution in [1.29, 1.82) is 0 Å². The molecule has 11 rings (SSSR count). The van der Waals surface area contributed by atoms with Crippen LogP contribution in [0.25, 0.3) is 0 Å². The van der Waals surface area contributed by atoms with Gasteiger partial charge in [-0.2, -0.15) is 0 Å². The number of aliphatic hydroxyl groups excluding tert-OH is 6. The zero-order valence-corrected chi connectivity index (χ0v) is 46.8. The lowest BCUT2D eigenvalue weighted by Gasteiger charge is -2.59. The fourth-order valence-electron chi connectivity index (χ4n) is 16.5. The summed E-state index contributed by atoms with van der Waals surface area (Å²) in [6, 6.07) is 0. The van der Waals surface area contributed by atoms with Crippen molar-refractivity contribution in [3.8, 4) is 0 Å². The maximum absolute atomic E-state index is 11.5. The third-order valence-electron chi connectivity index (χ3n) is 20.4. The first-order valence-electron chi connectivity index (χ1n) is 28.6. The van der Waals surface area contributed by atoms with Crippen LogP contribution in [0.15, 0.2) is 11.6 Å². The second kappa shape index (κ2) is 22.7. The van der Waals surface area contributed by atoms with E-state index in [1.807, 2.05) is 20.8 Å². The van der Waals surface area contributed by atoms with Crippen molar-refractivity contribution in [2.75, 3.05) is 48.3 Å². The molecule has 0 unspecified atom stereocenters. The first-order chi connectivity index (χ1) is 37.3. The highest BCUT2D eigenvalue weighted by molar-refractivity contribution is 5.31. The van der Waals surface area contributed by atoms with Gasteiger partial charge in [0.05, 0.1) is 80.7 Å². The Labute approximate surface area is 456 Å². The highest BCUT2D eigenvalue weighted by atomic mass is 16.8. The van der Waals surface area contributed by atoms with E-state index in [4.69, 9.17) is 80.5 Å². The number of fused-ring (bicyclic) bond motifs is 3. The minimum absolute atomic E-state index is 0.0508. The molecule has 0 aromatic heterocycles. The zero-order chi connectivity index (χ0) is 55.4. The molecule has 31 atom stereocenters. The van der Waals surface area contributed by atoms with E-state index in [0.29, 0.717) is 19.4 Å². The Balaban J connectivity index is 0.663. The fourth-order valence-corrected chi connectivity index (χ4v) is 16.5. The van der Waals surface area contributed by atoms with Crippen LogP contribution in [0.5, 0.6) is 0 Å². The van der Waals surface area contributed by atoms with Crippen LogP contribution in [0.1, 0.15) is 99.3 Å². The molecule has 78 heavy (non-hydrogen) atoms. The summed E-state index contributed by atoms with van der Waals surface area (Å²) < 4.78 is 107. The minimum atomic E-state index is -1.67. The van der Waals surface area contributed by atoms with Gasteiger partial charge in [-0.05, 0) is 79.1 Å². The average molecular weight is 1120 g/mol. The van der Waals surface area contributed by atoms with Gasteiger partial charge >= 0.3 is 0 Å². The van der Waals surface area contributed by atoms with E-state index in [-0.39, 0.29) is 59.9 Å². The van der Waals surface area contributed by atoms with Crippen molar-refractivity contribution in [1.82, 2.24) is 0 Å². The molecular weight excluding hydrogens is 1030 g/mol. The summed E-state index contributed by atoms with van der Waals surface area (Å²) in [6.45, 7) is 11.8. The van der Waals surface area contributed by atoms with E-state index >= 15 is 0 Å². The normalized spacial score (nSPS) is 55.7. The molecule has 8 aliphatic heterocycles. The topological polar surface area (TPSA) is 278 Å². The second-order valence-electron chi connectivity index (χ2n) is 24.5. The summed E-state index contributed by atoms with van der Waals surface area (Å²) in [5, 5.41) is 63.7. The van der Waals surface area contributed by atoms with Crippen LogP contribution in [-0.4, -0.2) is 238 Å². The van der Waals surface area contributed by atoms with Crippen molar-refractivity contribution in [2.24, 2.45) is 28.6 Å². The van der Waals surface area contributed by atoms with Gasteiger partial charge in [0.1, 0.15) is 61.0 Å². The molecule has 0 aromatic rings. The first-order valence-corrected chi connectivity index (χ1v) is 28.6. The highest BCUT2D eigenvalue weighted by Crippen LogP contribution is 2.76. The molecule has 0 radical (unpaired) electrons. The summed E-state index contributed by atoms with van der Waals surface area (Å²) in [5.74, 6) is -0.739. The predicted molar refractivity (Wildman–Crippen MR) is 265 cm³/mol. The molecule has 3 aliphatic carbocycles. The molecular formula is C55H88O23. The van der Waals surface area contributed by atoms with E-state index in [9.17, 15) is 30.6 Å². The van der Waals surface area contributed by atoms with Crippen LogP contribution < -0.4 is 0 Å². The standard InChI is InChI=1S/C55H88O23/c1-24-44(32(62-7)18-37(67-24)71-29-13-16-54(23-57)28(17-29)11-12-31-30(54)14-15-52(5)49-36-22-66-53(49,6)78-55(31,52)77-36)73-38-19-33(63-8)45(25(2)68-38)74-39-20-34(64-9)46(26(3)69-39)75-51-43(61)48(65-10)47(27(4)70-51)76-50-42(60)41(59)40(58)35(21-56)72-50/h11,24-27,29-51,56-61H,12-23H2,1-10H3/t24-,25-,26-,27-,29+,30+,31-,32+,33+,34-,35-,36-,37+,38+,39+,40-,41+,42-,43-,44-,45+,46-,47-,48-,49+,50+,51+,52-,53-,54-,55+/m1/s1. The van der Waals surface area contributed by atoms with E-state index in [0.717, 1.165) is 38.5 Å². The van der Waals surface area contributed by atoms with Crippen molar-refractivity contribution in [3.05, 3.63) is 11.6 Å². The molecule has 23 nitrogen and oxygen atoms in total. The lowest BCUT2D eigenvalue weighted by molar-refractivity contribution is -0.374. The molecule has 6 N–H and O–H groups in total. The number of hydrogen-bond acceptors (Lipinski definition) is 23. The Morgan fingerprint density at radius 2 is 1.15 bits per heavy atom. The van der Waals surface area contributed by atoms with Crippen LogP contribution in [0.4, 0.5) is 0 Å². The largest absolute Gasteiger partial charge is 0.395 e. The lowest BCUT2D eigenvalue weighted by atomic mass is 9.47. The van der Waals surface area contributed by atoms with Gasteiger partial charge in [-0.3, -0.25) is 0 Å². The number of methoxy groups -OCH3 is 4. The molecule has 23 heteroatoms. The van der Waals surface area contributed by atoms with Gasteiger partial charge in [0.15, 0.2) is 43.0 Å². The van der Waals surface area contributed by atoms with E-state index in [2.05, 4.69) is 19.9 Å². The van der Waals surface area contributed by atoms with Crippen molar-refractivity contribution in [3.63, 3.8) is 0 Å². The Bertz CT molecular complexity index is 2090. The van der Waals surface area contributed by atoms with E-state index < -0.39 is 147 Å². The number of allylic oxidation sites excluding steroid dienone is 1. The van der Waals surface area contributed by atoms with E-state index in [1.165, 1.54) is 12.7 Å². The molecule has 2 saturated carbocycles. The maximum Gasteiger partial charge on any atom is 0.187 e. The van der Waals surface area contributed by atoms with Crippen LogP contribution in [0, 0.1) is 28.6 Å². The summed E-state index contributed by atoms with van der Waals surface area (Å²) in [6.07, 6.45) is -11.1. The number of rotatable bonds is 16. The van der Waals surface area contributed by atoms with Gasteiger partial charge in [-0.25, -0.2) is 0 Å². The summed E-state index contributed by atoms with van der Waals surface area (Å²) in [5.41, 5.74) is 0.803. The molecule has 0 spiro atoms. The number of aliphatic hydroxyl groups is 6. The van der Waals surface area contributed by atoms with Crippen LogP contribution in [-0.2, 0) is 80.5 Å². The van der Waals surface area contributed by atoms with Gasteiger partial charge in [0.25, 0.3) is 0 Å². The zero-order valence-electron chi connectivity index (χ0n) is 46.8. The van der Waals surface area contributed by atoms with E-state index in [1.54, 1.807) is 28.3 Å². The first kappa shape index (κ1) is 58.6. The quantitative estimate of drug-likeness (QED) is 0.119. The third-order valence-corrected chi connectivity index (χ3v) is 20.4. The monoisotopic (exact) mass is 1120 g/mol. The minimum Gasteiger partial charge on any atom is -0.395 e. The molecule has 10 fully saturated rings. The highest BCUT2D eigenvalue weighted by Gasteiger charge is 2.83. The van der Waals surface area contributed by atoms with Gasteiger partial charge in [0.2, 0.25) is 0 Å². The van der Waals surface area contributed by atoms with Crippen molar-refractivity contribution in [2.45, 2.75) is 258 Å². The smallest absolute Gasteiger partial charge is 0.187 e. The Morgan fingerprint density at radius 3 is 1.72 bits per heavy atom. The Hall–Kier alpha value is -1.18. The molecule has 8 heterocycles. The van der Waals surface area contributed by atoms with Crippen LogP contribution in [0.3, 0.4) is 0 Å². The van der Waals surface area contributed by atoms with Gasteiger partial charge < -0.3 is 111 Å². The molecule has 0 aromatic carbocycles. The van der Waals surface area contributed by atoms with Crippen molar-refractivity contribution < 1.29 is 111 Å². The summed E-state index contributed by atoms with van der Waals surface area (Å²) >= 11 is 0. The lowest BCUT2D eigenvalue weighted by Crippen LogP contribution is -2.65. The SMILES string of the molecule is CO[C@@H]1[C@@H](O)[C@H](O[C@@H]2[C@@H](C)O[C@@H](O[C@@H]3[C@@H](OC)C[C@H](O[C@H]4[C@@H](OC)C[C@H](O[C@H]5CC[C@@]6(CO)C(=CC[C@@H]7[C@@H]6CC[C@]6(C)[C@@H]8[C@H]9CO[C@]8(C)O[C@@]76O9)C5)O[C@@H]4C)O[C@@H]3C)C[C@H]2OC)O[C@H](C)[C@H]1O[C@@H]1O[C@H](CO)[C@@H](O)[C@H](O)[C@H]1O. The second-order valence-corrected chi connectivity index (χ2v) is 24.5. The Kier molecular flexibility index (Phi) is 17.0. The molecule has 8 saturated heterocycles. The molecule has 446 valence electrons. The number of hydrogen-bond donors (Lipinski definition) is 6. The molecule has 0 amide bonds. The average Bonchev–Trinajstić information content (AvgIpc) is 3.28. The maximum atomic E-state index is 11.5. The van der Waals surface area contributed by atoms with Crippen LogP contribution >= 0.6 is 0 Å². The van der Waals surface area contributed by atoms with Gasteiger partial charge in [-0.15, -0.1) is 0 Å². The number of ether oxygens (including phenoxy) is 17. The Morgan fingerprint density at radius 1 is 0.590 bits per heavy atom. The fraction of sp³-hybridized carbons (Fsp3) is 0.964. The van der Waals surface area contributed by atoms with Crippen LogP contribution in [0.2, 0.25) is 0 Å². The third kappa shape index (κ3) is 9.72. The summed E-state index contributed by atoms with van der Waals surface area (Å²) in [4.78, 5) is 0. The summed E-state index contributed by atoms with van der Waals surface area (Å²) in [7, 11) is 6.23.